The molecule has 1 saturated heterocycles. The maximum absolute atomic E-state index is 2.76. The van der Waals surface area contributed by atoms with Crippen LogP contribution in [0.5, 0.6) is 0 Å². The highest BCUT2D eigenvalue weighted by Gasteiger charge is 2.28. The van der Waals surface area contributed by atoms with Crippen LogP contribution in [0.4, 0.5) is 0 Å². The lowest BCUT2D eigenvalue weighted by Crippen LogP contribution is -2.40. The Kier molecular flexibility index (Phi) is 4.34. The molecule has 1 aliphatic heterocycles. The minimum atomic E-state index is 0.800. The van der Waals surface area contributed by atoms with Crippen molar-refractivity contribution in [2.45, 2.75) is 44.6 Å². The van der Waals surface area contributed by atoms with Crippen LogP contribution in [0.2, 0.25) is 0 Å². The van der Waals surface area contributed by atoms with Gasteiger partial charge in [-0.05, 0) is 50.1 Å². The molecule has 3 rings (SSSR count). The monoisotopic (exact) mass is 255 g/mol. The first-order valence-electron chi connectivity index (χ1n) is 7.87. The van der Waals surface area contributed by atoms with E-state index in [-0.39, 0.29) is 0 Å². The Morgan fingerprint density at radius 1 is 1.05 bits per heavy atom. The number of hydrogen-bond donors (Lipinski definition) is 0. The van der Waals surface area contributed by atoms with E-state index < -0.39 is 0 Å². The van der Waals surface area contributed by atoms with Gasteiger partial charge in [0.2, 0.25) is 0 Å². The highest BCUT2D eigenvalue weighted by molar-refractivity contribution is 5.48. The average molecular weight is 255 g/mol. The first kappa shape index (κ1) is 12.9. The molecule has 1 atom stereocenters. The average Bonchev–Trinajstić information content (AvgIpc) is 3.26. The normalized spacial score (nSPS) is 24.9. The zero-order chi connectivity index (χ0) is 12.9. The van der Waals surface area contributed by atoms with Gasteiger partial charge in [0.05, 0.1) is 0 Å². The van der Waals surface area contributed by atoms with E-state index in [1.165, 1.54) is 57.2 Å². The molecule has 1 nitrogen and oxygen atoms in total. The third-order valence-electron chi connectivity index (χ3n) is 4.46. The molecule has 0 bridgehead atoms. The number of nitrogens with zero attached hydrogens (tertiary/aromatic N) is 1. The Balaban J connectivity index is 1.53. The van der Waals surface area contributed by atoms with Crippen LogP contribution in [-0.4, -0.2) is 24.0 Å². The van der Waals surface area contributed by atoms with Gasteiger partial charge in [-0.15, -0.1) is 0 Å². The van der Waals surface area contributed by atoms with E-state index in [9.17, 15) is 0 Å². The van der Waals surface area contributed by atoms with Crippen LogP contribution in [-0.2, 0) is 0 Å². The van der Waals surface area contributed by atoms with Crippen LogP contribution < -0.4 is 0 Å². The summed E-state index contributed by atoms with van der Waals surface area (Å²) in [6, 6.07) is 11.5. The fraction of sp³-hybridized carbons (Fsp3) is 0.556. The summed E-state index contributed by atoms with van der Waals surface area (Å²) in [6.07, 6.45) is 13.1. The summed E-state index contributed by atoms with van der Waals surface area (Å²) in [5, 5.41) is 0. The lowest BCUT2D eigenvalue weighted by atomic mass is 9.98. The van der Waals surface area contributed by atoms with Gasteiger partial charge in [-0.25, -0.2) is 0 Å². The zero-order valence-electron chi connectivity index (χ0n) is 11.8. The highest BCUT2D eigenvalue weighted by atomic mass is 15.2. The number of likely N-dealkylation sites (tertiary alicyclic amines) is 1. The maximum atomic E-state index is 2.76. The molecule has 0 amide bonds. The minimum absolute atomic E-state index is 0.800. The lowest BCUT2D eigenvalue weighted by molar-refractivity contribution is 0.143. The molecule has 1 aromatic rings. The SMILES string of the molecule is C(=C\c1ccccc1)/CC1CCCCN1CC1CC1. The third-order valence-corrected chi connectivity index (χ3v) is 4.46. The molecule has 2 aliphatic rings. The number of benzene rings is 1. The molecule has 19 heavy (non-hydrogen) atoms. The van der Waals surface area contributed by atoms with Crippen molar-refractivity contribution in [1.82, 2.24) is 4.90 Å². The molecule has 0 aromatic heterocycles. The molecule has 2 fully saturated rings. The summed E-state index contributed by atoms with van der Waals surface area (Å²) < 4.78 is 0. The molecule has 0 N–H and O–H groups in total. The van der Waals surface area contributed by atoms with Gasteiger partial charge in [0, 0.05) is 12.6 Å². The van der Waals surface area contributed by atoms with Gasteiger partial charge in [0.15, 0.2) is 0 Å². The highest BCUT2D eigenvalue weighted by Crippen LogP contribution is 2.32. The minimum Gasteiger partial charge on any atom is -0.300 e. The quantitative estimate of drug-likeness (QED) is 0.756. The van der Waals surface area contributed by atoms with Gasteiger partial charge >= 0.3 is 0 Å². The molecule has 102 valence electrons. The summed E-state index contributed by atoms with van der Waals surface area (Å²) in [5.41, 5.74) is 1.33. The van der Waals surface area contributed by atoms with Crippen molar-refractivity contribution in [2.75, 3.05) is 13.1 Å². The number of piperidine rings is 1. The van der Waals surface area contributed by atoms with E-state index in [0.717, 1.165) is 12.0 Å². The van der Waals surface area contributed by atoms with Crippen molar-refractivity contribution < 1.29 is 0 Å². The third kappa shape index (κ3) is 3.94. The fourth-order valence-electron chi connectivity index (χ4n) is 3.12. The van der Waals surface area contributed by atoms with Crippen LogP contribution in [0.1, 0.15) is 44.1 Å². The topological polar surface area (TPSA) is 3.24 Å². The van der Waals surface area contributed by atoms with Gasteiger partial charge in [-0.2, -0.15) is 0 Å². The number of hydrogen-bond acceptors (Lipinski definition) is 1. The predicted molar refractivity (Wildman–Crippen MR) is 82.0 cm³/mol. The van der Waals surface area contributed by atoms with Crippen molar-refractivity contribution in [3.05, 3.63) is 42.0 Å². The Labute approximate surface area is 117 Å². The molecule has 0 spiro atoms. The van der Waals surface area contributed by atoms with Crippen molar-refractivity contribution in [1.29, 1.82) is 0 Å². The fourth-order valence-corrected chi connectivity index (χ4v) is 3.12. The largest absolute Gasteiger partial charge is 0.300 e. The van der Waals surface area contributed by atoms with Crippen molar-refractivity contribution >= 4 is 6.08 Å². The van der Waals surface area contributed by atoms with Gasteiger partial charge in [0.25, 0.3) is 0 Å². The Morgan fingerprint density at radius 3 is 2.68 bits per heavy atom. The predicted octanol–water partition coefficient (Wildman–Crippen LogP) is 4.35. The maximum Gasteiger partial charge on any atom is 0.0130 e. The Bertz CT molecular complexity index is 405. The number of rotatable bonds is 5. The summed E-state index contributed by atoms with van der Waals surface area (Å²) in [6.45, 7) is 2.70. The first-order valence-corrected chi connectivity index (χ1v) is 7.87. The Morgan fingerprint density at radius 2 is 1.89 bits per heavy atom. The van der Waals surface area contributed by atoms with E-state index in [0.29, 0.717) is 0 Å². The van der Waals surface area contributed by atoms with Gasteiger partial charge in [-0.3, -0.25) is 4.90 Å². The van der Waals surface area contributed by atoms with Crippen molar-refractivity contribution in [2.24, 2.45) is 5.92 Å². The molecule has 1 aliphatic carbocycles. The van der Waals surface area contributed by atoms with Crippen LogP contribution in [0, 0.1) is 5.92 Å². The summed E-state index contributed by atoms with van der Waals surface area (Å²) in [4.78, 5) is 2.76. The van der Waals surface area contributed by atoms with Crippen molar-refractivity contribution in [3.8, 4) is 0 Å². The molecule has 1 heterocycles. The van der Waals surface area contributed by atoms with E-state index in [1.54, 1.807) is 0 Å². The second-order valence-electron chi connectivity index (χ2n) is 6.14. The van der Waals surface area contributed by atoms with E-state index in [4.69, 9.17) is 0 Å². The molecule has 1 heteroatoms. The van der Waals surface area contributed by atoms with Crippen LogP contribution in [0.3, 0.4) is 0 Å². The summed E-state index contributed by atoms with van der Waals surface area (Å²) in [7, 11) is 0. The Hall–Kier alpha value is -1.08. The smallest absolute Gasteiger partial charge is 0.0130 e. The zero-order valence-corrected chi connectivity index (χ0v) is 11.8. The molecule has 1 saturated carbocycles. The van der Waals surface area contributed by atoms with Gasteiger partial charge in [-0.1, -0.05) is 48.9 Å². The second kappa shape index (κ2) is 6.38. The van der Waals surface area contributed by atoms with E-state index in [2.05, 4.69) is 47.4 Å². The molecule has 1 unspecified atom stereocenters. The molecule has 1 aromatic carbocycles. The summed E-state index contributed by atoms with van der Waals surface area (Å²) in [5.74, 6) is 1.03. The molecule has 0 radical (unpaired) electrons. The second-order valence-corrected chi connectivity index (χ2v) is 6.14. The lowest BCUT2D eigenvalue weighted by Gasteiger charge is -2.35. The molecular weight excluding hydrogens is 230 g/mol. The van der Waals surface area contributed by atoms with Crippen LogP contribution in [0.15, 0.2) is 36.4 Å². The van der Waals surface area contributed by atoms with Gasteiger partial charge in [0.1, 0.15) is 0 Å². The molecular formula is C18H25N. The van der Waals surface area contributed by atoms with E-state index in [1.807, 2.05) is 0 Å². The van der Waals surface area contributed by atoms with Crippen molar-refractivity contribution in [3.63, 3.8) is 0 Å². The van der Waals surface area contributed by atoms with Crippen LogP contribution in [0.25, 0.3) is 6.08 Å². The van der Waals surface area contributed by atoms with Gasteiger partial charge < -0.3 is 0 Å². The standard InChI is InChI=1S/C18H25N/c1-2-7-16(8-3-1)9-6-11-18-10-4-5-14-19(18)15-17-12-13-17/h1-3,6-9,17-18H,4-5,10-15H2/b9-6+. The summed E-state index contributed by atoms with van der Waals surface area (Å²) >= 11 is 0. The van der Waals surface area contributed by atoms with Crippen LogP contribution >= 0.6 is 0 Å². The first-order chi connectivity index (χ1) is 9.42. The van der Waals surface area contributed by atoms with E-state index >= 15 is 0 Å².